The Morgan fingerprint density at radius 2 is 1.86 bits per heavy atom. The van der Waals surface area contributed by atoms with Gasteiger partial charge in [-0.25, -0.2) is 4.98 Å². The third-order valence-corrected chi connectivity index (χ3v) is 4.22. The van der Waals surface area contributed by atoms with E-state index in [-0.39, 0.29) is 11.5 Å². The van der Waals surface area contributed by atoms with E-state index in [4.69, 9.17) is 10.7 Å². The zero-order valence-electron chi connectivity index (χ0n) is 11.5. The highest BCUT2D eigenvalue weighted by atomic mass is 16.1. The van der Waals surface area contributed by atoms with Crippen LogP contribution in [-0.2, 0) is 6.54 Å². The fraction of sp³-hybridized carbons (Fsp3) is 0.176. The molecule has 0 amide bonds. The Morgan fingerprint density at radius 3 is 2.71 bits per heavy atom. The topological polar surface area (TPSA) is 60.9 Å². The third kappa shape index (κ3) is 1.76. The zero-order valence-corrected chi connectivity index (χ0v) is 11.5. The molecule has 1 aliphatic heterocycles. The van der Waals surface area contributed by atoms with Gasteiger partial charge < -0.3 is 5.73 Å². The molecule has 4 rings (SSSR count). The van der Waals surface area contributed by atoms with E-state index < -0.39 is 0 Å². The maximum absolute atomic E-state index is 12.6. The molecule has 2 heterocycles. The maximum Gasteiger partial charge on any atom is 0.261 e. The summed E-state index contributed by atoms with van der Waals surface area (Å²) < 4.78 is 1.79. The normalized spacial score (nSPS) is 17.0. The van der Waals surface area contributed by atoms with Crippen LogP contribution in [0, 0.1) is 0 Å². The van der Waals surface area contributed by atoms with Gasteiger partial charge in [-0.05, 0) is 30.2 Å². The lowest BCUT2D eigenvalue weighted by Crippen LogP contribution is -2.21. The summed E-state index contributed by atoms with van der Waals surface area (Å²) in [5, 5.41) is 0.683. The standard InChI is InChI=1S/C17H15N3O/c18-14-7-3-1-5-11(14)12-9-10-20-16(12)19-15-8-4-2-6-13(15)17(20)21/h1-8,12H,9-10,18H2. The SMILES string of the molecule is Nc1ccccc1C1CCn2c1nc1ccccc1c2=O. The first kappa shape index (κ1) is 12.1. The summed E-state index contributed by atoms with van der Waals surface area (Å²) in [6.45, 7) is 0.699. The molecule has 4 nitrogen and oxygen atoms in total. The van der Waals surface area contributed by atoms with E-state index in [1.165, 1.54) is 0 Å². The number of nitrogens with zero attached hydrogens (tertiary/aromatic N) is 2. The monoisotopic (exact) mass is 277 g/mol. The fourth-order valence-electron chi connectivity index (χ4n) is 3.18. The van der Waals surface area contributed by atoms with Gasteiger partial charge in [-0.3, -0.25) is 9.36 Å². The van der Waals surface area contributed by atoms with Gasteiger partial charge in [0, 0.05) is 18.2 Å². The molecule has 0 fully saturated rings. The summed E-state index contributed by atoms with van der Waals surface area (Å²) in [6, 6.07) is 15.3. The largest absolute Gasteiger partial charge is 0.398 e. The van der Waals surface area contributed by atoms with E-state index in [1.807, 2.05) is 48.5 Å². The van der Waals surface area contributed by atoms with Crippen molar-refractivity contribution in [2.24, 2.45) is 0 Å². The van der Waals surface area contributed by atoms with Crippen LogP contribution in [0.2, 0.25) is 0 Å². The van der Waals surface area contributed by atoms with Crippen LogP contribution in [0.4, 0.5) is 5.69 Å². The molecule has 0 saturated carbocycles. The average Bonchev–Trinajstić information content (AvgIpc) is 2.92. The molecule has 1 atom stereocenters. The van der Waals surface area contributed by atoms with E-state index >= 15 is 0 Å². The maximum atomic E-state index is 12.6. The van der Waals surface area contributed by atoms with Crippen LogP contribution in [0.3, 0.4) is 0 Å². The number of rotatable bonds is 1. The van der Waals surface area contributed by atoms with Crippen LogP contribution >= 0.6 is 0 Å². The highest BCUT2D eigenvalue weighted by molar-refractivity contribution is 5.77. The molecule has 0 bridgehead atoms. The van der Waals surface area contributed by atoms with Gasteiger partial charge in [0.2, 0.25) is 0 Å². The molecular formula is C17H15N3O. The number of benzene rings is 2. The Balaban J connectivity index is 1.97. The molecule has 2 aromatic carbocycles. The lowest BCUT2D eigenvalue weighted by atomic mass is 9.95. The van der Waals surface area contributed by atoms with Crippen LogP contribution in [0.25, 0.3) is 10.9 Å². The molecule has 1 unspecified atom stereocenters. The predicted octanol–water partition coefficient (Wildman–Crippen LogP) is 2.51. The van der Waals surface area contributed by atoms with Crippen molar-refractivity contribution < 1.29 is 0 Å². The number of aromatic nitrogens is 2. The number of fused-ring (bicyclic) bond motifs is 2. The van der Waals surface area contributed by atoms with Crippen LogP contribution in [0.1, 0.15) is 23.7 Å². The van der Waals surface area contributed by atoms with Crippen molar-refractivity contribution in [3.8, 4) is 0 Å². The molecule has 21 heavy (non-hydrogen) atoms. The van der Waals surface area contributed by atoms with Gasteiger partial charge in [-0.1, -0.05) is 30.3 Å². The molecule has 4 heteroatoms. The van der Waals surface area contributed by atoms with E-state index in [1.54, 1.807) is 4.57 Å². The second kappa shape index (κ2) is 4.45. The molecule has 1 aliphatic rings. The quantitative estimate of drug-likeness (QED) is 0.695. The molecule has 1 aromatic heterocycles. The second-order valence-electron chi connectivity index (χ2n) is 5.41. The molecule has 2 N–H and O–H groups in total. The van der Waals surface area contributed by atoms with Gasteiger partial charge in [-0.2, -0.15) is 0 Å². The Bertz CT molecular complexity index is 898. The minimum atomic E-state index is 0.0487. The van der Waals surface area contributed by atoms with Crippen LogP contribution in [-0.4, -0.2) is 9.55 Å². The summed E-state index contributed by atoms with van der Waals surface area (Å²) in [5.41, 5.74) is 8.72. The molecule has 0 spiro atoms. The van der Waals surface area contributed by atoms with Crippen molar-refractivity contribution in [3.05, 3.63) is 70.3 Å². The van der Waals surface area contributed by atoms with E-state index in [2.05, 4.69) is 0 Å². The second-order valence-corrected chi connectivity index (χ2v) is 5.41. The summed E-state index contributed by atoms with van der Waals surface area (Å²) in [5.74, 6) is 0.931. The van der Waals surface area contributed by atoms with Crippen molar-refractivity contribution in [1.82, 2.24) is 9.55 Å². The van der Waals surface area contributed by atoms with Gasteiger partial charge in [0.05, 0.1) is 10.9 Å². The number of hydrogen-bond acceptors (Lipinski definition) is 3. The van der Waals surface area contributed by atoms with Crippen LogP contribution in [0.15, 0.2) is 53.3 Å². The Morgan fingerprint density at radius 1 is 1.10 bits per heavy atom. The molecular weight excluding hydrogens is 262 g/mol. The summed E-state index contributed by atoms with van der Waals surface area (Å²) in [7, 11) is 0. The third-order valence-electron chi connectivity index (χ3n) is 4.22. The highest BCUT2D eigenvalue weighted by Gasteiger charge is 2.28. The molecule has 3 aromatic rings. The highest BCUT2D eigenvalue weighted by Crippen LogP contribution is 2.35. The lowest BCUT2D eigenvalue weighted by molar-refractivity contribution is 0.708. The molecule has 0 aliphatic carbocycles. The number of nitrogen functional groups attached to an aromatic ring is 1. The predicted molar refractivity (Wildman–Crippen MR) is 83.3 cm³/mol. The van der Waals surface area contributed by atoms with Crippen molar-refractivity contribution in [1.29, 1.82) is 0 Å². The Labute approximate surface area is 121 Å². The lowest BCUT2D eigenvalue weighted by Gasteiger charge is -2.13. The van der Waals surface area contributed by atoms with E-state index in [0.29, 0.717) is 11.9 Å². The van der Waals surface area contributed by atoms with Gasteiger partial charge in [0.1, 0.15) is 5.82 Å². The number of anilines is 1. The van der Waals surface area contributed by atoms with Gasteiger partial charge in [-0.15, -0.1) is 0 Å². The van der Waals surface area contributed by atoms with Crippen molar-refractivity contribution in [2.75, 3.05) is 5.73 Å². The van der Waals surface area contributed by atoms with Gasteiger partial charge >= 0.3 is 0 Å². The van der Waals surface area contributed by atoms with Crippen LogP contribution in [0.5, 0.6) is 0 Å². The van der Waals surface area contributed by atoms with Crippen molar-refractivity contribution in [2.45, 2.75) is 18.9 Å². The Kier molecular flexibility index (Phi) is 2.57. The van der Waals surface area contributed by atoms with Gasteiger partial charge in [0.25, 0.3) is 5.56 Å². The zero-order chi connectivity index (χ0) is 14.4. The van der Waals surface area contributed by atoms with Crippen molar-refractivity contribution in [3.63, 3.8) is 0 Å². The molecule has 104 valence electrons. The molecule has 0 radical (unpaired) electrons. The number of nitrogens with two attached hydrogens (primary N) is 1. The van der Waals surface area contributed by atoms with Crippen LogP contribution < -0.4 is 11.3 Å². The molecule has 0 saturated heterocycles. The number of para-hydroxylation sites is 2. The van der Waals surface area contributed by atoms with Gasteiger partial charge in [0.15, 0.2) is 0 Å². The number of hydrogen-bond donors (Lipinski definition) is 1. The van der Waals surface area contributed by atoms with E-state index in [9.17, 15) is 4.79 Å². The summed E-state index contributed by atoms with van der Waals surface area (Å²) in [4.78, 5) is 17.3. The smallest absolute Gasteiger partial charge is 0.261 e. The minimum absolute atomic E-state index is 0.0487. The first-order valence-corrected chi connectivity index (χ1v) is 7.09. The average molecular weight is 277 g/mol. The summed E-state index contributed by atoms with van der Waals surface area (Å²) >= 11 is 0. The Hall–Kier alpha value is -2.62. The summed E-state index contributed by atoms with van der Waals surface area (Å²) in [6.07, 6.45) is 0.868. The minimum Gasteiger partial charge on any atom is -0.398 e. The van der Waals surface area contributed by atoms with E-state index in [0.717, 1.165) is 29.0 Å². The first-order valence-electron chi connectivity index (χ1n) is 7.09. The first-order chi connectivity index (χ1) is 10.3. The van der Waals surface area contributed by atoms with Crippen molar-refractivity contribution >= 4 is 16.6 Å². The fourth-order valence-corrected chi connectivity index (χ4v) is 3.18.